The molecule has 2 aliphatic rings. The van der Waals surface area contributed by atoms with Crippen molar-refractivity contribution in [2.24, 2.45) is 5.92 Å². The van der Waals surface area contributed by atoms with Crippen LogP contribution in [0.4, 0.5) is 0 Å². The summed E-state index contributed by atoms with van der Waals surface area (Å²) in [6.07, 6.45) is 5.03. The SMILES string of the molecule is CCCC(C#N)C(=O)NC1CCN2CCCC12. The first kappa shape index (κ1) is 12.4. The molecule has 2 rings (SSSR count). The average Bonchev–Trinajstić information content (AvgIpc) is 2.90. The van der Waals surface area contributed by atoms with E-state index >= 15 is 0 Å². The number of amides is 1. The van der Waals surface area contributed by atoms with Crippen molar-refractivity contribution >= 4 is 5.91 Å². The summed E-state index contributed by atoms with van der Waals surface area (Å²) >= 11 is 0. The van der Waals surface area contributed by atoms with Gasteiger partial charge >= 0.3 is 0 Å². The number of hydrogen-bond acceptors (Lipinski definition) is 3. The van der Waals surface area contributed by atoms with Gasteiger partial charge in [0.05, 0.1) is 6.07 Å². The zero-order chi connectivity index (χ0) is 12.3. The van der Waals surface area contributed by atoms with Crippen LogP contribution in [0.15, 0.2) is 0 Å². The lowest BCUT2D eigenvalue weighted by Gasteiger charge is -2.22. The van der Waals surface area contributed by atoms with Gasteiger partial charge in [-0.1, -0.05) is 13.3 Å². The maximum Gasteiger partial charge on any atom is 0.237 e. The van der Waals surface area contributed by atoms with Crippen LogP contribution in [-0.2, 0) is 4.79 Å². The zero-order valence-electron chi connectivity index (χ0n) is 10.5. The molecule has 0 saturated carbocycles. The Balaban J connectivity index is 1.88. The molecular weight excluding hydrogens is 214 g/mol. The highest BCUT2D eigenvalue weighted by Crippen LogP contribution is 2.28. The Morgan fingerprint density at radius 1 is 1.53 bits per heavy atom. The van der Waals surface area contributed by atoms with Crippen molar-refractivity contribution in [2.75, 3.05) is 13.1 Å². The van der Waals surface area contributed by atoms with Crippen LogP contribution in [-0.4, -0.2) is 36.0 Å². The summed E-state index contributed by atoms with van der Waals surface area (Å²) in [7, 11) is 0. The highest BCUT2D eigenvalue weighted by Gasteiger charge is 2.38. The smallest absolute Gasteiger partial charge is 0.237 e. The van der Waals surface area contributed by atoms with Crippen LogP contribution in [0.1, 0.15) is 39.0 Å². The highest BCUT2D eigenvalue weighted by atomic mass is 16.1. The fraction of sp³-hybridized carbons (Fsp3) is 0.846. The van der Waals surface area contributed by atoms with E-state index in [0.29, 0.717) is 12.5 Å². The number of carbonyl (C=O) groups excluding carboxylic acids is 1. The van der Waals surface area contributed by atoms with Crippen molar-refractivity contribution in [1.29, 1.82) is 5.26 Å². The largest absolute Gasteiger partial charge is 0.351 e. The Morgan fingerprint density at radius 3 is 3.06 bits per heavy atom. The van der Waals surface area contributed by atoms with Gasteiger partial charge in [0.1, 0.15) is 5.92 Å². The minimum absolute atomic E-state index is 0.0619. The van der Waals surface area contributed by atoms with Gasteiger partial charge in [0.15, 0.2) is 0 Å². The standard InChI is InChI=1S/C13H21N3O/c1-2-4-10(9-14)13(17)15-11-6-8-16-7-3-5-12(11)16/h10-12H,2-8H2,1H3,(H,15,17). The molecule has 3 unspecified atom stereocenters. The first-order chi connectivity index (χ1) is 8.26. The van der Waals surface area contributed by atoms with Crippen molar-refractivity contribution in [3.8, 4) is 6.07 Å². The quantitative estimate of drug-likeness (QED) is 0.798. The number of nitrogens with one attached hydrogen (secondary N) is 1. The van der Waals surface area contributed by atoms with E-state index in [1.807, 2.05) is 6.92 Å². The first-order valence-electron chi connectivity index (χ1n) is 6.70. The predicted molar refractivity (Wildman–Crippen MR) is 65.2 cm³/mol. The third kappa shape index (κ3) is 2.61. The molecule has 0 aromatic heterocycles. The van der Waals surface area contributed by atoms with Crippen LogP contribution in [0.25, 0.3) is 0 Å². The molecule has 3 atom stereocenters. The number of rotatable bonds is 4. The molecule has 2 fully saturated rings. The first-order valence-corrected chi connectivity index (χ1v) is 6.70. The fourth-order valence-corrected chi connectivity index (χ4v) is 3.08. The molecule has 17 heavy (non-hydrogen) atoms. The van der Waals surface area contributed by atoms with E-state index in [4.69, 9.17) is 5.26 Å². The molecule has 1 amide bonds. The summed E-state index contributed by atoms with van der Waals surface area (Å²) in [6, 6.07) is 2.91. The Kier molecular flexibility index (Phi) is 4.01. The van der Waals surface area contributed by atoms with E-state index in [0.717, 1.165) is 19.4 Å². The molecule has 0 spiro atoms. The zero-order valence-corrected chi connectivity index (χ0v) is 10.5. The summed E-state index contributed by atoms with van der Waals surface area (Å²) in [5.74, 6) is -0.524. The second-order valence-corrected chi connectivity index (χ2v) is 5.12. The summed E-state index contributed by atoms with van der Waals surface area (Å²) < 4.78 is 0. The van der Waals surface area contributed by atoms with Crippen molar-refractivity contribution in [2.45, 2.75) is 51.1 Å². The van der Waals surface area contributed by atoms with Crippen LogP contribution < -0.4 is 5.32 Å². The van der Waals surface area contributed by atoms with Gasteiger partial charge in [0, 0.05) is 18.6 Å². The molecule has 0 aromatic carbocycles. The summed E-state index contributed by atoms with van der Waals surface area (Å²) in [6.45, 7) is 4.28. The van der Waals surface area contributed by atoms with Crippen molar-refractivity contribution in [3.63, 3.8) is 0 Å². The summed E-state index contributed by atoms with van der Waals surface area (Å²) in [4.78, 5) is 14.4. The molecule has 0 bridgehead atoms. The molecule has 2 heterocycles. The molecule has 2 saturated heterocycles. The fourth-order valence-electron chi connectivity index (χ4n) is 3.08. The number of hydrogen-bond donors (Lipinski definition) is 1. The van der Waals surface area contributed by atoms with Crippen molar-refractivity contribution in [3.05, 3.63) is 0 Å². The number of nitrogens with zero attached hydrogens (tertiary/aromatic N) is 2. The van der Waals surface area contributed by atoms with Crippen LogP contribution in [0, 0.1) is 17.2 Å². The molecule has 1 N–H and O–H groups in total. The van der Waals surface area contributed by atoms with Gasteiger partial charge in [-0.05, 0) is 32.2 Å². The molecule has 0 radical (unpaired) electrons. The normalized spacial score (nSPS) is 29.6. The number of carbonyl (C=O) groups is 1. The Bertz CT molecular complexity index is 323. The minimum Gasteiger partial charge on any atom is -0.351 e. The van der Waals surface area contributed by atoms with Crippen molar-refractivity contribution in [1.82, 2.24) is 10.2 Å². The molecule has 0 aromatic rings. The second kappa shape index (κ2) is 5.50. The predicted octanol–water partition coefficient (Wildman–Crippen LogP) is 1.28. The van der Waals surface area contributed by atoms with Crippen LogP contribution in [0.3, 0.4) is 0 Å². The monoisotopic (exact) mass is 235 g/mol. The summed E-state index contributed by atoms with van der Waals surface area (Å²) in [5, 5.41) is 12.1. The molecule has 0 aliphatic carbocycles. The molecule has 4 heteroatoms. The van der Waals surface area contributed by atoms with E-state index < -0.39 is 5.92 Å². The lowest BCUT2D eigenvalue weighted by molar-refractivity contribution is -0.124. The maximum atomic E-state index is 12.0. The van der Waals surface area contributed by atoms with Gasteiger partial charge in [-0.2, -0.15) is 5.26 Å². The van der Waals surface area contributed by atoms with Gasteiger partial charge < -0.3 is 5.32 Å². The van der Waals surface area contributed by atoms with E-state index in [-0.39, 0.29) is 11.9 Å². The second-order valence-electron chi connectivity index (χ2n) is 5.12. The lowest BCUT2D eigenvalue weighted by atomic mass is 10.0. The molecule has 2 aliphatic heterocycles. The van der Waals surface area contributed by atoms with Crippen LogP contribution in [0.2, 0.25) is 0 Å². The molecule has 4 nitrogen and oxygen atoms in total. The Hall–Kier alpha value is -1.08. The van der Waals surface area contributed by atoms with Gasteiger partial charge in [-0.25, -0.2) is 0 Å². The lowest BCUT2D eigenvalue weighted by Crippen LogP contribution is -2.44. The maximum absolute atomic E-state index is 12.0. The van der Waals surface area contributed by atoms with E-state index in [9.17, 15) is 4.79 Å². The van der Waals surface area contributed by atoms with Gasteiger partial charge in [0.2, 0.25) is 5.91 Å². The number of nitriles is 1. The third-order valence-electron chi connectivity index (χ3n) is 3.98. The Morgan fingerprint density at radius 2 is 2.35 bits per heavy atom. The third-order valence-corrected chi connectivity index (χ3v) is 3.98. The van der Waals surface area contributed by atoms with Gasteiger partial charge in [0.25, 0.3) is 0 Å². The summed E-state index contributed by atoms with van der Waals surface area (Å²) in [5.41, 5.74) is 0. The minimum atomic E-state index is -0.463. The average molecular weight is 235 g/mol. The molecular formula is C13H21N3O. The van der Waals surface area contributed by atoms with Crippen molar-refractivity contribution < 1.29 is 4.79 Å². The van der Waals surface area contributed by atoms with E-state index in [1.165, 1.54) is 19.4 Å². The van der Waals surface area contributed by atoms with Gasteiger partial charge in [-0.15, -0.1) is 0 Å². The van der Waals surface area contributed by atoms with Crippen LogP contribution in [0.5, 0.6) is 0 Å². The van der Waals surface area contributed by atoms with E-state index in [1.54, 1.807) is 0 Å². The molecule has 94 valence electrons. The van der Waals surface area contributed by atoms with Crippen LogP contribution >= 0.6 is 0 Å². The highest BCUT2D eigenvalue weighted by molar-refractivity contribution is 5.81. The van der Waals surface area contributed by atoms with E-state index in [2.05, 4.69) is 16.3 Å². The Labute approximate surface area is 103 Å². The topological polar surface area (TPSA) is 56.1 Å². The number of fused-ring (bicyclic) bond motifs is 1. The van der Waals surface area contributed by atoms with Gasteiger partial charge in [-0.3, -0.25) is 9.69 Å².